The molecule has 1 fully saturated rings. The van der Waals surface area contributed by atoms with Gasteiger partial charge < -0.3 is 21.3 Å². The molecule has 1 aromatic rings. The van der Waals surface area contributed by atoms with Crippen molar-refractivity contribution in [3.05, 3.63) is 35.9 Å². The van der Waals surface area contributed by atoms with Gasteiger partial charge in [0, 0.05) is 6.04 Å². The third-order valence-corrected chi connectivity index (χ3v) is 4.71. The third kappa shape index (κ3) is 5.30. The molecule has 1 aliphatic carbocycles. The second kappa shape index (κ2) is 9.01. The number of hydrogen-bond acceptors (Lipinski definition) is 4. The first-order valence-corrected chi connectivity index (χ1v) is 8.51. The number of carbonyl (C=O) groups excluding carboxylic acids is 1. The lowest BCUT2D eigenvalue weighted by atomic mass is 9.84. The Hall–Kier alpha value is -1.43. The molecule has 0 radical (unpaired) electrons. The van der Waals surface area contributed by atoms with Crippen LogP contribution in [0.4, 0.5) is 0 Å². The molecule has 0 bridgehead atoms. The number of aliphatic hydroxyl groups excluding tert-OH is 2. The van der Waals surface area contributed by atoms with Crippen LogP contribution in [-0.4, -0.2) is 34.9 Å². The third-order valence-electron chi connectivity index (χ3n) is 4.71. The van der Waals surface area contributed by atoms with E-state index in [1.165, 1.54) is 19.3 Å². The number of rotatable bonds is 7. The van der Waals surface area contributed by atoms with Gasteiger partial charge in [-0.2, -0.15) is 0 Å². The minimum absolute atomic E-state index is 0.222. The predicted octanol–water partition coefficient (Wildman–Crippen LogP) is 1.49. The zero-order valence-corrected chi connectivity index (χ0v) is 13.5. The Balaban J connectivity index is 1.87. The minimum atomic E-state index is -1.24. The summed E-state index contributed by atoms with van der Waals surface area (Å²) in [6.45, 7) is -0.222. The summed E-state index contributed by atoms with van der Waals surface area (Å²) in [7, 11) is 0. The maximum Gasteiger partial charge on any atom is 0.251 e. The molecule has 0 spiro atoms. The van der Waals surface area contributed by atoms with Gasteiger partial charge in [-0.25, -0.2) is 0 Å². The first kappa shape index (κ1) is 17.9. The quantitative estimate of drug-likeness (QED) is 0.612. The summed E-state index contributed by atoms with van der Waals surface area (Å²) in [6.07, 6.45) is 5.37. The van der Waals surface area contributed by atoms with Gasteiger partial charge in [-0.15, -0.1) is 0 Å². The van der Waals surface area contributed by atoms with E-state index in [-0.39, 0.29) is 6.61 Å². The van der Waals surface area contributed by atoms with E-state index < -0.39 is 24.1 Å². The molecule has 128 valence electrons. The SMILES string of the molecule is N[C@H](CC1CCCCC1)[C@H](O)C(=O)N[C@@H](CO)c1ccccc1. The van der Waals surface area contributed by atoms with E-state index in [4.69, 9.17) is 5.73 Å². The molecule has 0 heterocycles. The van der Waals surface area contributed by atoms with E-state index in [1.54, 1.807) is 0 Å². The summed E-state index contributed by atoms with van der Waals surface area (Å²) < 4.78 is 0. The van der Waals surface area contributed by atoms with Crippen LogP contribution in [0.25, 0.3) is 0 Å². The Morgan fingerprint density at radius 1 is 1.22 bits per heavy atom. The van der Waals surface area contributed by atoms with E-state index in [9.17, 15) is 15.0 Å². The summed E-state index contributed by atoms with van der Waals surface area (Å²) in [5, 5.41) is 22.4. The van der Waals surface area contributed by atoms with Gasteiger partial charge in [0.25, 0.3) is 5.91 Å². The van der Waals surface area contributed by atoms with Gasteiger partial charge in [0.2, 0.25) is 0 Å². The van der Waals surface area contributed by atoms with Crippen LogP contribution in [0.15, 0.2) is 30.3 Å². The Morgan fingerprint density at radius 2 is 1.87 bits per heavy atom. The van der Waals surface area contributed by atoms with Gasteiger partial charge in [-0.1, -0.05) is 62.4 Å². The largest absolute Gasteiger partial charge is 0.394 e. The highest BCUT2D eigenvalue weighted by molar-refractivity contribution is 5.81. The molecule has 5 heteroatoms. The number of nitrogens with one attached hydrogen (secondary N) is 1. The fourth-order valence-corrected chi connectivity index (χ4v) is 3.31. The highest BCUT2D eigenvalue weighted by atomic mass is 16.3. The molecule has 23 heavy (non-hydrogen) atoms. The van der Waals surface area contributed by atoms with Crippen LogP contribution in [0.5, 0.6) is 0 Å². The maximum absolute atomic E-state index is 12.2. The number of carbonyl (C=O) groups is 1. The molecule has 1 amide bonds. The monoisotopic (exact) mass is 320 g/mol. The lowest BCUT2D eigenvalue weighted by Gasteiger charge is -2.27. The topological polar surface area (TPSA) is 95.6 Å². The second-order valence-electron chi connectivity index (χ2n) is 6.50. The van der Waals surface area contributed by atoms with E-state index in [2.05, 4.69) is 5.32 Å². The van der Waals surface area contributed by atoms with E-state index >= 15 is 0 Å². The standard InChI is InChI=1S/C18H28N2O3/c19-15(11-13-7-3-1-4-8-13)17(22)18(23)20-16(12-21)14-9-5-2-6-10-14/h2,5-6,9-10,13,15-17,21-22H,1,3-4,7-8,11-12,19H2,(H,20,23)/t15-,16+,17+/m1/s1. The van der Waals surface area contributed by atoms with E-state index in [0.717, 1.165) is 18.4 Å². The zero-order valence-electron chi connectivity index (χ0n) is 13.5. The van der Waals surface area contributed by atoms with Crippen molar-refractivity contribution in [3.63, 3.8) is 0 Å². The van der Waals surface area contributed by atoms with Crippen molar-refractivity contribution in [2.75, 3.05) is 6.61 Å². The average Bonchev–Trinajstić information content (AvgIpc) is 2.60. The molecule has 0 unspecified atom stereocenters. The zero-order chi connectivity index (χ0) is 16.7. The van der Waals surface area contributed by atoms with Crippen LogP contribution >= 0.6 is 0 Å². The highest BCUT2D eigenvalue weighted by Crippen LogP contribution is 2.27. The van der Waals surface area contributed by atoms with Crippen LogP contribution < -0.4 is 11.1 Å². The van der Waals surface area contributed by atoms with Crippen molar-refractivity contribution in [3.8, 4) is 0 Å². The lowest BCUT2D eigenvalue weighted by Crippen LogP contribution is -2.48. The molecule has 0 aromatic heterocycles. The van der Waals surface area contributed by atoms with Crippen molar-refractivity contribution in [1.29, 1.82) is 0 Å². The van der Waals surface area contributed by atoms with Gasteiger partial charge in [0.1, 0.15) is 6.10 Å². The molecule has 2 rings (SSSR count). The normalized spacial score (nSPS) is 19.8. The second-order valence-corrected chi connectivity index (χ2v) is 6.50. The molecular formula is C18H28N2O3. The van der Waals surface area contributed by atoms with Crippen molar-refractivity contribution < 1.29 is 15.0 Å². The fraction of sp³-hybridized carbons (Fsp3) is 0.611. The highest BCUT2D eigenvalue weighted by Gasteiger charge is 2.28. The van der Waals surface area contributed by atoms with Crippen molar-refractivity contribution in [2.45, 2.75) is 56.7 Å². The van der Waals surface area contributed by atoms with Crippen LogP contribution in [-0.2, 0) is 4.79 Å². The van der Waals surface area contributed by atoms with Crippen molar-refractivity contribution in [2.24, 2.45) is 11.7 Å². The van der Waals surface area contributed by atoms with Gasteiger partial charge in [-0.3, -0.25) is 4.79 Å². The summed E-state index contributed by atoms with van der Waals surface area (Å²) in [6, 6.07) is 8.12. The molecule has 5 nitrogen and oxygen atoms in total. The summed E-state index contributed by atoms with van der Waals surface area (Å²) >= 11 is 0. The van der Waals surface area contributed by atoms with Gasteiger partial charge in [0.15, 0.2) is 0 Å². The molecule has 1 aromatic carbocycles. The molecule has 0 aliphatic heterocycles. The number of amides is 1. The molecule has 3 atom stereocenters. The van der Waals surface area contributed by atoms with Crippen molar-refractivity contribution >= 4 is 5.91 Å². The van der Waals surface area contributed by atoms with Gasteiger partial charge in [0.05, 0.1) is 12.6 Å². The summed E-state index contributed by atoms with van der Waals surface area (Å²) in [5.41, 5.74) is 6.83. The molecule has 1 aliphatic rings. The van der Waals surface area contributed by atoms with Crippen LogP contribution in [0.1, 0.15) is 50.1 Å². The van der Waals surface area contributed by atoms with E-state index in [0.29, 0.717) is 12.3 Å². The molecule has 1 saturated carbocycles. The number of hydrogen-bond donors (Lipinski definition) is 4. The van der Waals surface area contributed by atoms with Crippen molar-refractivity contribution in [1.82, 2.24) is 5.32 Å². The number of benzene rings is 1. The smallest absolute Gasteiger partial charge is 0.251 e. The first-order valence-electron chi connectivity index (χ1n) is 8.51. The Bertz CT molecular complexity index is 474. The lowest BCUT2D eigenvalue weighted by molar-refractivity contribution is -0.131. The van der Waals surface area contributed by atoms with E-state index in [1.807, 2.05) is 30.3 Å². The predicted molar refractivity (Wildman–Crippen MR) is 89.6 cm³/mol. The van der Waals surface area contributed by atoms with Crippen LogP contribution in [0.2, 0.25) is 0 Å². The average molecular weight is 320 g/mol. The summed E-state index contributed by atoms with van der Waals surface area (Å²) in [5.74, 6) is -0.0137. The first-order chi connectivity index (χ1) is 11.1. The van der Waals surface area contributed by atoms with Gasteiger partial charge >= 0.3 is 0 Å². The van der Waals surface area contributed by atoms with Crippen LogP contribution in [0, 0.1) is 5.92 Å². The molecule has 0 saturated heterocycles. The fourth-order valence-electron chi connectivity index (χ4n) is 3.31. The summed E-state index contributed by atoms with van der Waals surface area (Å²) in [4.78, 5) is 12.2. The Morgan fingerprint density at radius 3 is 2.48 bits per heavy atom. The van der Waals surface area contributed by atoms with Crippen LogP contribution in [0.3, 0.4) is 0 Å². The molecule has 5 N–H and O–H groups in total. The van der Waals surface area contributed by atoms with Gasteiger partial charge in [-0.05, 0) is 17.9 Å². The minimum Gasteiger partial charge on any atom is -0.394 e. The Labute approximate surface area is 137 Å². The Kier molecular flexibility index (Phi) is 7.02. The number of aliphatic hydroxyl groups is 2. The number of nitrogens with two attached hydrogens (primary N) is 1. The molecular weight excluding hydrogens is 292 g/mol. The maximum atomic E-state index is 12.2.